The molecular weight excluding hydrogens is 322 g/mol. The maximum absolute atomic E-state index is 5.17. The van der Waals surface area contributed by atoms with Gasteiger partial charge in [-0.25, -0.2) is 0 Å². The summed E-state index contributed by atoms with van der Waals surface area (Å²) in [5, 5.41) is 0. The largest absolute Gasteiger partial charge is 1.00 e. The lowest BCUT2D eigenvalue weighted by Gasteiger charge is -2.00. The number of halogens is 1. The first kappa shape index (κ1) is 14.0. The van der Waals surface area contributed by atoms with Crippen LogP contribution < -0.4 is 26.3 Å². The van der Waals surface area contributed by atoms with Crippen molar-refractivity contribution in [1.82, 2.24) is 0 Å². The first-order valence-electron chi connectivity index (χ1n) is 5.85. The normalized spacial score (nSPS) is 10.2. The van der Waals surface area contributed by atoms with Crippen LogP contribution in [-0.4, -0.2) is 7.11 Å². The van der Waals surface area contributed by atoms with Crippen molar-refractivity contribution in [2.45, 2.75) is 6.54 Å². The lowest BCUT2D eigenvalue weighted by molar-refractivity contribution is -0.658. The average Bonchev–Trinajstić information content (AvgIpc) is 2.83. The van der Waals surface area contributed by atoms with Gasteiger partial charge in [-0.05, 0) is 30.3 Å². The molecule has 3 aromatic rings. The molecule has 1 aromatic heterocycles. The van der Waals surface area contributed by atoms with Gasteiger partial charge in [-0.15, -0.1) is 0 Å². The fourth-order valence-electron chi connectivity index (χ4n) is 2.02. The third-order valence-electron chi connectivity index (χ3n) is 2.99. The van der Waals surface area contributed by atoms with E-state index in [1.54, 1.807) is 18.4 Å². The second-order valence-corrected chi connectivity index (χ2v) is 5.05. The van der Waals surface area contributed by atoms with Crippen LogP contribution in [0, 0.1) is 0 Å². The van der Waals surface area contributed by atoms with Crippen molar-refractivity contribution in [1.29, 1.82) is 0 Å². The van der Waals surface area contributed by atoms with Gasteiger partial charge in [0, 0.05) is 11.6 Å². The maximum Gasteiger partial charge on any atom is 0.226 e. The summed E-state index contributed by atoms with van der Waals surface area (Å²) < 4.78 is 8.77. The van der Waals surface area contributed by atoms with E-state index in [0.29, 0.717) is 0 Å². The Morgan fingerprint density at radius 2 is 1.79 bits per heavy atom. The van der Waals surface area contributed by atoms with E-state index >= 15 is 0 Å². The molecule has 0 unspecified atom stereocenters. The van der Waals surface area contributed by atoms with Gasteiger partial charge in [0.2, 0.25) is 11.0 Å². The van der Waals surface area contributed by atoms with Gasteiger partial charge in [0.25, 0.3) is 0 Å². The highest BCUT2D eigenvalue weighted by molar-refractivity contribution is 7.16. The molecule has 3 rings (SSSR count). The van der Waals surface area contributed by atoms with Gasteiger partial charge >= 0.3 is 0 Å². The Kier molecular flexibility index (Phi) is 4.56. The smallest absolute Gasteiger partial charge is 0.226 e. The number of aromatic nitrogens is 1. The fraction of sp³-hybridized carbons (Fsp3) is 0.133. The van der Waals surface area contributed by atoms with E-state index in [-0.39, 0.29) is 17.0 Å². The minimum atomic E-state index is 0. The van der Waals surface area contributed by atoms with Gasteiger partial charge in [-0.2, -0.15) is 4.57 Å². The summed E-state index contributed by atoms with van der Waals surface area (Å²) in [5.41, 5.74) is 4.75. The van der Waals surface area contributed by atoms with Crippen LogP contribution >= 0.6 is 11.3 Å². The average molecular weight is 336 g/mol. The molecule has 2 nitrogen and oxygen atoms in total. The van der Waals surface area contributed by atoms with Crippen LogP contribution in [0.3, 0.4) is 0 Å². The fourth-order valence-corrected chi connectivity index (χ4v) is 2.91. The van der Waals surface area contributed by atoms with E-state index in [4.69, 9.17) is 4.74 Å². The van der Waals surface area contributed by atoms with Crippen LogP contribution in [0.4, 0.5) is 0 Å². The molecule has 0 spiro atoms. The summed E-state index contributed by atoms with van der Waals surface area (Å²) in [6.45, 7) is 0.897. The first-order valence-corrected chi connectivity index (χ1v) is 6.73. The van der Waals surface area contributed by atoms with E-state index in [1.807, 2.05) is 12.1 Å². The zero-order valence-corrected chi connectivity index (χ0v) is 12.9. The van der Waals surface area contributed by atoms with E-state index in [2.05, 4.69) is 46.5 Å². The predicted molar refractivity (Wildman–Crippen MR) is 74.1 cm³/mol. The Bertz CT molecular complexity index is 663. The molecule has 0 N–H and O–H groups in total. The third-order valence-corrected chi connectivity index (χ3v) is 3.95. The summed E-state index contributed by atoms with van der Waals surface area (Å²) in [5.74, 6) is 0.902. The number of benzene rings is 2. The molecule has 0 atom stereocenters. The highest BCUT2D eigenvalue weighted by atomic mass is 79.9. The molecule has 0 saturated heterocycles. The van der Waals surface area contributed by atoms with Gasteiger partial charge in [0.15, 0.2) is 6.54 Å². The highest BCUT2D eigenvalue weighted by Crippen LogP contribution is 2.16. The van der Waals surface area contributed by atoms with Crippen molar-refractivity contribution in [2.75, 3.05) is 7.11 Å². The van der Waals surface area contributed by atoms with Crippen LogP contribution in [0.15, 0.2) is 54.0 Å². The number of hydrogen-bond acceptors (Lipinski definition) is 2. The van der Waals surface area contributed by atoms with E-state index in [0.717, 1.165) is 12.3 Å². The van der Waals surface area contributed by atoms with E-state index in [1.165, 1.54) is 15.8 Å². The molecule has 0 aliphatic rings. The number of hydrogen-bond donors (Lipinski definition) is 0. The van der Waals surface area contributed by atoms with Gasteiger partial charge in [-0.1, -0.05) is 23.5 Å². The SMILES string of the molecule is COc1ccc(C[n+]2csc3ccccc32)cc1.[Br-]. The van der Waals surface area contributed by atoms with Crippen molar-refractivity contribution in [3.8, 4) is 5.75 Å². The van der Waals surface area contributed by atoms with Gasteiger partial charge in [0.1, 0.15) is 10.4 Å². The Labute approximate surface area is 127 Å². The minimum Gasteiger partial charge on any atom is -1.00 e. The molecule has 1 heterocycles. The number of ether oxygens (including phenoxy) is 1. The Morgan fingerprint density at radius 3 is 2.53 bits per heavy atom. The highest BCUT2D eigenvalue weighted by Gasteiger charge is 2.11. The summed E-state index contributed by atoms with van der Waals surface area (Å²) in [4.78, 5) is 0. The summed E-state index contributed by atoms with van der Waals surface area (Å²) in [7, 11) is 1.69. The Balaban J connectivity index is 0.00000133. The molecule has 19 heavy (non-hydrogen) atoms. The standard InChI is InChI=1S/C15H14NOS.BrH/c1-17-13-8-6-12(7-9-13)10-16-11-18-15-5-3-2-4-14(15)16;/h2-9,11H,10H2,1H3;1H/q+1;/p-1. The molecule has 0 fully saturated rings. The lowest BCUT2D eigenvalue weighted by atomic mass is 10.2. The Hall–Kier alpha value is -1.39. The number of rotatable bonds is 3. The number of fused-ring (bicyclic) bond motifs is 1. The van der Waals surface area contributed by atoms with Crippen LogP contribution in [0.25, 0.3) is 10.2 Å². The van der Waals surface area contributed by atoms with Gasteiger partial charge in [-0.3, -0.25) is 0 Å². The molecular formula is C15H14BrNOS. The molecule has 0 amide bonds. The first-order chi connectivity index (χ1) is 8.86. The quantitative estimate of drug-likeness (QED) is 0.625. The molecule has 2 aromatic carbocycles. The predicted octanol–water partition coefficient (Wildman–Crippen LogP) is 0.250. The monoisotopic (exact) mass is 335 g/mol. The molecule has 0 aliphatic heterocycles. The summed E-state index contributed by atoms with van der Waals surface area (Å²) in [6, 6.07) is 16.7. The topological polar surface area (TPSA) is 13.1 Å². The minimum absolute atomic E-state index is 0. The zero-order chi connectivity index (χ0) is 12.4. The van der Waals surface area contributed by atoms with Gasteiger partial charge < -0.3 is 21.7 Å². The molecule has 0 aliphatic carbocycles. The number of thiazole rings is 1. The third kappa shape index (κ3) is 2.96. The van der Waals surface area contributed by atoms with Crippen molar-refractivity contribution < 1.29 is 26.3 Å². The summed E-state index contributed by atoms with van der Waals surface area (Å²) >= 11 is 1.78. The van der Waals surface area contributed by atoms with Crippen LogP contribution in [0.2, 0.25) is 0 Å². The molecule has 4 heteroatoms. The van der Waals surface area contributed by atoms with Crippen LogP contribution in [-0.2, 0) is 6.54 Å². The number of methoxy groups -OCH3 is 1. The second kappa shape index (κ2) is 6.17. The van der Waals surface area contributed by atoms with Crippen LogP contribution in [0.5, 0.6) is 5.75 Å². The van der Waals surface area contributed by atoms with Crippen molar-refractivity contribution in [3.05, 3.63) is 59.6 Å². The molecule has 0 bridgehead atoms. The molecule has 98 valence electrons. The Morgan fingerprint density at radius 1 is 1.05 bits per heavy atom. The van der Waals surface area contributed by atoms with Crippen molar-refractivity contribution in [3.63, 3.8) is 0 Å². The van der Waals surface area contributed by atoms with Gasteiger partial charge in [0.05, 0.1) is 7.11 Å². The number of para-hydroxylation sites is 1. The number of nitrogens with zero attached hydrogens (tertiary/aromatic N) is 1. The summed E-state index contributed by atoms with van der Waals surface area (Å²) in [6.07, 6.45) is 0. The van der Waals surface area contributed by atoms with Crippen molar-refractivity contribution >= 4 is 21.6 Å². The van der Waals surface area contributed by atoms with E-state index in [9.17, 15) is 0 Å². The maximum atomic E-state index is 5.17. The second-order valence-electron chi connectivity index (χ2n) is 4.17. The molecule has 0 saturated carbocycles. The lowest BCUT2D eigenvalue weighted by Crippen LogP contribution is -3.00. The van der Waals surface area contributed by atoms with Crippen LogP contribution in [0.1, 0.15) is 5.56 Å². The van der Waals surface area contributed by atoms with Crippen molar-refractivity contribution in [2.24, 2.45) is 0 Å². The molecule has 0 radical (unpaired) electrons. The zero-order valence-electron chi connectivity index (χ0n) is 10.5. The van der Waals surface area contributed by atoms with E-state index < -0.39 is 0 Å².